The molecule has 2 N–H and O–H groups in total. The fourth-order valence-electron chi connectivity index (χ4n) is 4.73. The lowest BCUT2D eigenvalue weighted by atomic mass is 9.95. The largest absolute Gasteiger partial charge is 0.508 e. The average molecular weight is 597 g/mol. The first-order chi connectivity index (χ1) is 20.7. The van der Waals surface area contributed by atoms with E-state index in [4.69, 9.17) is 9.47 Å². The maximum absolute atomic E-state index is 13.5. The van der Waals surface area contributed by atoms with E-state index >= 15 is 0 Å². The molecule has 1 aromatic heterocycles. The number of thiazole rings is 1. The minimum atomic E-state index is -1.09. The predicted molar refractivity (Wildman–Crippen MR) is 162 cm³/mol. The van der Waals surface area contributed by atoms with Crippen LogP contribution in [0.3, 0.4) is 0 Å². The zero-order chi connectivity index (χ0) is 30.7. The summed E-state index contributed by atoms with van der Waals surface area (Å²) >= 11 is 0.903. The van der Waals surface area contributed by atoms with Crippen molar-refractivity contribution in [3.63, 3.8) is 0 Å². The highest BCUT2D eigenvalue weighted by molar-refractivity contribution is 7.17. The molecular weight excluding hydrogens is 568 g/mol. The standard InChI is InChI=1S/C33H28N2O7S/c1-4-16-41-32(40)30-20(3)34-33(43-30)35-27(22-10-13-24(36)14-11-22)26(29(38)31(35)39)28(37)23-12-15-25(19(2)17-23)42-18-21-8-6-5-7-9-21/h4-15,17,27,36-37H,1,16,18H2,2-3H3/b28-26-. The van der Waals surface area contributed by atoms with Crippen molar-refractivity contribution in [3.05, 3.63) is 124 Å². The quantitative estimate of drug-likeness (QED) is 0.0791. The maximum Gasteiger partial charge on any atom is 0.350 e. The number of anilines is 1. The topological polar surface area (TPSA) is 126 Å². The Morgan fingerprint density at radius 1 is 1.07 bits per heavy atom. The normalized spacial score (nSPS) is 15.9. The van der Waals surface area contributed by atoms with Gasteiger partial charge in [-0.15, -0.1) is 0 Å². The van der Waals surface area contributed by atoms with E-state index in [1.807, 2.05) is 37.3 Å². The highest BCUT2D eigenvalue weighted by atomic mass is 32.1. The van der Waals surface area contributed by atoms with Gasteiger partial charge in [-0.1, -0.05) is 66.5 Å². The van der Waals surface area contributed by atoms with Crippen molar-refractivity contribution in [1.82, 2.24) is 4.98 Å². The van der Waals surface area contributed by atoms with E-state index in [0.717, 1.165) is 21.8 Å². The number of amides is 1. The van der Waals surface area contributed by atoms with Crippen LogP contribution in [0, 0.1) is 13.8 Å². The number of ketones is 1. The van der Waals surface area contributed by atoms with Gasteiger partial charge in [0.25, 0.3) is 5.78 Å². The number of nitrogens with zero attached hydrogens (tertiary/aromatic N) is 2. The average Bonchev–Trinajstić information content (AvgIpc) is 3.51. The number of aryl methyl sites for hydroxylation is 2. The van der Waals surface area contributed by atoms with E-state index in [9.17, 15) is 24.6 Å². The second-order valence-electron chi connectivity index (χ2n) is 9.81. The second-order valence-corrected chi connectivity index (χ2v) is 10.8. The number of aromatic nitrogens is 1. The molecule has 1 aliphatic rings. The number of benzene rings is 3. The van der Waals surface area contributed by atoms with Crippen molar-refractivity contribution >= 4 is 39.9 Å². The Hall–Kier alpha value is -5.22. The van der Waals surface area contributed by atoms with Gasteiger partial charge in [0.2, 0.25) is 0 Å². The third-order valence-corrected chi connectivity index (χ3v) is 7.98. The van der Waals surface area contributed by atoms with Gasteiger partial charge in [-0.05, 0) is 60.9 Å². The van der Waals surface area contributed by atoms with E-state index in [1.165, 1.54) is 18.2 Å². The van der Waals surface area contributed by atoms with Crippen LogP contribution >= 0.6 is 11.3 Å². The first kappa shape index (κ1) is 29.3. The van der Waals surface area contributed by atoms with E-state index in [1.54, 1.807) is 37.3 Å². The number of hydrogen-bond acceptors (Lipinski definition) is 9. The molecule has 0 saturated carbocycles. The van der Waals surface area contributed by atoms with E-state index < -0.39 is 23.7 Å². The van der Waals surface area contributed by atoms with Gasteiger partial charge >= 0.3 is 11.9 Å². The van der Waals surface area contributed by atoms with Crippen LogP contribution in [0.1, 0.15) is 43.7 Å². The fraction of sp³-hybridized carbons (Fsp3) is 0.152. The molecule has 1 fully saturated rings. The lowest BCUT2D eigenvalue weighted by Gasteiger charge is -2.23. The van der Waals surface area contributed by atoms with Crippen molar-refractivity contribution in [2.45, 2.75) is 26.5 Å². The van der Waals surface area contributed by atoms with Gasteiger partial charge in [-0.3, -0.25) is 14.5 Å². The summed E-state index contributed by atoms with van der Waals surface area (Å²) < 4.78 is 11.1. The summed E-state index contributed by atoms with van der Waals surface area (Å²) in [5.41, 5.74) is 2.64. The van der Waals surface area contributed by atoms with Crippen LogP contribution in [0.15, 0.2) is 91.0 Å². The van der Waals surface area contributed by atoms with Crippen LogP contribution in [0.5, 0.6) is 11.5 Å². The number of esters is 1. The Morgan fingerprint density at radius 2 is 1.79 bits per heavy atom. The maximum atomic E-state index is 13.5. The molecular formula is C33H28N2O7S. The minimum absolute atomic E-state index is 0.000961. The molecule has 5 rings (SSSR count). The number of phenolic OH excluding ortho intramolecular Hbond substituents is 1. The Morgan fingerprint density at radius 3 is 2.47 bits per heavy atom. The molecule has 0 radical (unpaired) electrons. The first-order valence-electron chi connectivity index (χ1n) is 13.3. The summed E-state index contributed by atoms with van der Waals surface area (Å²) in [6, 6.07) is 19.5. The van der Waals surface area contributed by atoms with Crippen LogP contribution in [-0.4, -0.2) is 39.5 Å². The molecule has 43 heavy (non-hydrogen) atoms. The molecule has 3 aromatic carbocycles. The minimum Gasteiger partial charge on any atom is -0.508 e. The Balaban J connectivity index is 1.55. The zero-order valence-corrected chi connectivity index (χ0v) is 24.3. The zero-order valence-electron chi connectivity index (χ0n) is 23.4. The summed E-state index contributed by atoms with van der Waals surface area (Å²) in [5, 5.41) is 21.5. The van der Waals surface area contributed by atoms with E-state index in [0.29, 0.717) is 34.7 Å². The van der Waals surface area contributed by atoms with Crippen LogP contribution in [-0.2, 0) is 20.9 Å². The molecule has 1 unspecified atom stereocenters. The number of Topliss-reactive ketones (excluding diaryl/α,β-unsaturated/α-hetero) is 1. The smallest absolute Gasteiger partial charge is 0.350 e. The number of ether oxygens (including phenoxy) is 2. The van der Waals surface area contributed by atoms with Crippen molar-refractivity contribution < 1.29 is 34.1 Å². The SMILES string of the molecule is C=CCOC(=O)c1sc(N2C(=O)C(=O)/C(=C(\O)c3ccc(OCc4ccccc4)c(C)c3)C2c2ccc(O)cc2)nc1C. The molecule has 0 aliphatic carbocycles. The summed E-state index contributed by atoms with van der Waals surface area (Å²) in [5.74, 6) is -2.26. The molecule has 0 bridgehead atoms. The third-order valence-electron chi connectivity index (χ3n) is 6.85. The number of aliphatic hydroxyl groups excluding tert-OH is 1. The third kappa shape index (κ3) is 5.91. The highest BCUT2D eigenvalue weighted by Crippen LogP contribution is 2.44. The lowest BCUT2D eigenvalue weighted by molar-refractivity contribution is -0.132. The lowest BCUT2D eigenvalue weighted by Crippen LogP contribution is -2.29. The Bertz CT molecular complexity index is 1740. The summed E-state index contributed by atoms with van der Waals surface area (Å²) in [6.45, 7) is 7.30. The first-order valence-corrected chi connectivity index (χ1v) is 14.1. The van der Waals surface area contributed by atoms with Gasteiger partial charge in [0, 0.05) is 5.56 Å². The fourth-order valence-corrected chi connectivity index (χ4v) is 5.71. The van der Waals surface area contributed by atoms with Crippen LogP contribution < -0.4 is 9.64 Å². The number of rotatable bonds is 9. The monoisotopic (exact) mass is 596 g/mol. The van der Waals surface area contributed by atoms with Crippen molar-refractivity contribution in [3.8, 4) is 11.5 Å². The van der Waals surface area contributed by atoms with Crippen molar-refractivity contribution in [2.75, 3.05) is 11.5 Å². The Kier molecular flexibility index (Phi) is 8.40. The van der Waals surface area contributed by atoms with Gasteiger partial charge in [-0.2, -0.15) is 0 Å². The molecule has 4 aromatic rings. The van der Waals surface area contributed by atoms with Crippen LogP contribution in [0.4, 0.5) is 5.13 Å². The van der Waals surface area contributed by atoms with Crippen molar-refractivity contribution in [2.24, 2.45) is 0 Å². The van der Waals surface area contributed by atoms with Crippen molar-refractivity contribution in [1.29, 1.82) is 0 Å². The molecule has 1 saturated heterocycles. The van der Waals surface area contributed by atoms with Gasteiger partial charge in [-0.25, -0.2) is 9.78 Å². The molecule has 218 valence electrons. The highest BCUT2D eigenvalue weighted by Gasteiger charge is 2.48. The molecule has 1 aliphatic heterocycles. The summed E-state index contributed by atoms with van der Waals surface area (Å²) in [4.78, 5) is 45.3. The van der Waals surface area contributed by atoms with E-state index in [-0.39, 0.29) is 33.7 Å². The van der Waals surface area contributed by atoms with Gasteiger partial charge in [0.05, 0.1) is 17.3 Å². The number of hydrogen-bond donors (Lipinski definition) is 2. The number of aromatic hydroxyl groups is 1. The predicted octanol–water partition coefficient (Wildman–Crippen LogP) is 6.01. The molecule has 9 nitrogen and oxygen atoms in total. The molecule has 1 amide bonds. The molecule has 2 heterocycles. The second kappa shape index (κ2) is 12.3. The number of carbonyl (C=O) groups is 3. The Labute approximate surface area is 252 Å². The van der Waals surface area contributed by atoms with Gasteiger partial charge in [0.1, 0.15) is 35.3 Å². The van der Waals surface area contributed by atoms with Gasteiger partial charge in [0.15, 0.2) is 5.13 Å². The summed E-state index contributed by atoms with van der Waals surface area (Å²) in [6.07, 6.45) is 1.43. The molecule has 10 heteroatoms. The number of aliphatic hydroxyl groups is 1. The molecule has 0 spiro atoms. The summed E-state index contributed by atoms with van der Waals surface area (Å²) in [7, 11) is 0. The number of carbonyl (C=O) groups excluding carboxylic acids is 3. The van der Waals surface area contributed by atoms with Crippen LogP contribution in [0.2, 0.25) is 0 Å². The van der Waals surface area contributed by atoms with E-state index in [2.05, 4.69) is 11.6 Å². The van der Waals surface area contributed by atoms with Crippen LogP contribution in [0.25, 0.3) is 5.76 Å². The van der Waals surface area contributed by atoms with Gasteiger partial charge < -0.3 is 19.7 Å². The molecule has 1 atom stereocenters. The number of phenols is 1.